The molecular formula is C11H12FN3O2S. The molecule has 7 heteroatoms. The first kappa shape index (κ1) is 12.7. The van der Waals surface area contributed by atoms with Crippen molar-refractivity contribution < 1.29 is 12.8 Å². The van der Waals surface area contributed by atoms with Crippen LogP contribution in [0.5, 0.6) is 0 Å². The summed E-state index contributed by atoms with van der Waals surface area (Å²) in [6.45, 7) is 1.70. The van der Waals surface area contributed by atoms with Gasteiger partial charge in [0, 0.05) is 11.9 Å². The van der Waals surface area contributed by atoms with Gasteiger partial charge in [0.2, 0.25) is 10.0 Å². The number of imidazole rings is 1. The van der Waals surface area contributed by atoms with Crippen LogP contribution in [0, 0.1) is 12.7 Å². The molecule has 0 fully saturated rings. The Balaban J connectivity index is 2.22. The predicted molar refractivity (Wildman–Crippen MR) is 63.8 cm³/mol. The van der Waals surface area contributed by atoms with Gasteiger partial charge in [-0.25, -0.2) is 22.5 Å². The molecule has 1 aromatic carbocycles. The second kappa shape index (κ2) is 4.87. The third kappa shape index (κ3) is 2.74. The van der Waals surface area contributed by atoms with Crippen LogP contribution < -0.4 is 4.72 Å². The third-order valence-electron chi connectivity index (χ3n) is 2.45. The number of aryl methyl sites for hydroxylation is 1. The molecule has 2 rings (SSSR count). The Bertz CT molecular complexity index is 638. The highest BCUT2D eigenvalue weighted by Crippen LogP contribution is 2.16. The monoisotopic (exact) mass is 269 g/mol. The van der Waals surface area contributed by atoms with Crippen LogP contribution in [0.15, 0.2) is 35.6 Å². The minimum Gasteiger partial charge on any atom is -0.347 e. The van der Waals surface area contributed by atoms with Crippen LogP contribution in [-0.2, 0) is 16.6 Å². The number of benzene rings is 1. The number of nitrogens with one attached hydrogen (secondary N) is 2. The first-order valence-electron chi connectivity index (χ1n) is 5.22. The number of hydrogen-bond donors (Lipinski definition) is 2. The van der Waals surface area contributed by atoms with Gasteiger partial charge in [0.1, 0.15) is 5.82 Å². The van der Waals surface area contributed by atoms with Gasteiger partial charge in [-0.15, -0.1) is 0 Å². The summed E-state index contributed by atoms with van der Waals surface area (Å²) >= 11 is 0. The number of halogens is 1. The summed E-state index contributed by atoms with van der Waals surface area (Å²) in [5, 5.41) is 0. The molecule has 2 aromatic rings. The lowest BCUT2D eigenvalue weighted by Gasteiger charge is -2.08. The normalized spacial score (nSPS) is 11.7. The summed E-state index contributed by atoms with van der Waals surface area (Å²) < 4.78 is 39.4. The van der Waals surface area contributed by atoms with Crippen molar-refractivity contribution >= 4 is 10.0 Å². The number of rotatable bonds is 4. The topological polar surface area (TPSA) is 74.8 Å². The molecule has 18 heavy (non-hydrogen) atoms. The first-order valence-corrected chi connectivity index (χ1v) is 6.70. The molecule has 0 saturated carbocycles. The molecule has 0 unspecified atom stereocenters. The zero-order valence-corrected chi connectivity index (χ0v) is 10.5. The SMILES string of the molecule is Cc1ccc(F)cc1S(=O)(=O)NCc1cnc[nH]1. The van der Waals surface area contributed by atoms with Crippen LogP contribution in [-0.4, -0.2) is 18.4 Å². The largest absolute Gasteiger partial charge is 0.347 e. The molecule has 0 saturated heterocycles. The second-order valence-corrected chi connectivity index (χ2v) is 5.55. The minimum absolute atomic E-state index is 0.0537. The Kier molecular flexibility index (Phi) is 3.44. The molecule has 0 bridgehead atoms. The van der Waals surface area contributed by atoms with Gasteiger partial charge in [-0.3, -0.25) is 0 Å². The van der Waals surface area contributed by atoms with Crippen molar-refractivity contribution in [2.75, 3.05) is 0 Å². The smallest absolute Gasteiger partial charge is 0.241 e. The molecule has 5 nitrogen and oxygen atoms in total. The Morgan fingerprint density at radius 2 is 2.22 bits per heavy atom. The van der Waals surface area contributed by atoms with Crippen molar-refractivity contribution in [2.24, 2.45) is 0 Å². The molecular weight excluding hydrogens is 257 g/mol. The fourth-order valence-corrected chi connectivity index (χ4v) is 2.76. The number of hydrogen-bond acceptors (Lipinski definition) is 3. The van der Waals surface area contributed by atoms with Gasteiger partial charge < -0.3 is 4.98 Å². The molecule has 0 atom stereocenters. The Labute approximate surface area is 104 Å². The van der Waals surface area contributed by atoms with Gasteiger partial charge in [0.25, 0.3) is 0 Å². The molecule has 96 valence electrons. The summed E-state index contributed by atoms with van der Waals surface area (Å²) in [5.41, 5.74) is 1.13. The third-order valence-corrected chi connectivity index (χ3v) is 3.99. The van der Waals surface area contributed by atoms with Crippen LogP contribution in [0.1, 0.15) is 11.3 Å². The Morgan fingerprint density at radius 3 is 2.89 bits per heavy atom. The molecule has 2 N–H and O–H groups in total. The van der Waals surface area contributed by atoms with Crippen LogP contribution in [0.3, 0.4) is 0 Å². The molecule has 1 aromatic heterocycles. The first-order chi connectivity index (χ1) is 8.49. The highest BCUT2D eigenvalue weighted by atomic mass is 32.2. The highest BCUT2D eigenvalue weighted by Gasteiger charge is 2.17. The molecule has 0 aliphatic carbocycles. The molecule has 0 radical (unpaired) electrons. The number of nitrogens with zero attached hydrogens (tertiary/aromatic N) is 1. The standard InChI is InChI=1S/C11H12FN3O2S/c1-8-2-3-9(12)4-11(8)18(16,17)15-6-10-5-13-7-14-10/h2-5,7,15H,6H2,1H3,(H,13,14). The number of sulfonamides is 1. The summed E-state index contributed by atoms with van der Waals surface area (Å²) in [5.74, 6) is -0.581. The van der Waals surface area contributed by atoms with Crippen molar-refractivity contribution in [1.82, 2.24) is 14.7 Å². The second-order valence-electron chi connectivity index (χ2n) is 3.81. The maximum atomic E-state index is 13.1. The van der Waals surface area contributed by atoms with Gasteiger partial charge in [-0.2, -0.15) is 0 Å². The van der Waals surface area contributed by atoms with E-state index in [1.165, 1.54) is 24.7 Å². The van der Waals surface area contributed by atoms with E-state index in [1.54, 1.807) is 6.92 Å². The van der Waals surface area contributed by atoms with E-state index in [4.69, 9.17) is 0 Å². The maximum absolute atomic E-state index is 13.1. The fraction of sp³-hybridized carbons (Fsp3) is 0.182. The number of aromatic nitrogens is 2. The molecule has 0 aliphatic heterocycles. The zero-order valence-electron chi connectivity index (χ0n) is 9.64. The Hall–Kier alpha value is -1.73. The van der Waals surface area contributed by atoms with Crippen LogP contribution in [0.2, 0.25) is 0 Å². The van der Waals surface area contributed by atoms with E-state index in [0.29, 0.717) is 11.3 Å². The van der Waals surface area contributed by atoms with E-state index >= 15 is 0 Å². The average Bonchev–Trinajstić information content (AvgIpc) is 2.83. The van der Waals surface area contributed by atoms with Gasteiger partial charge in [-0.1, -0.05) is 6.07 Å². The summed E-state index contributed by atoms with van der Waals surface area (Å²) in [7, 11) is -3.73. The molecule has 1 heterocycles. The summed E-state index contributed by atoms with van der Waals surface area (Å²) in [4.78, 5) is 6.50. The summed E-state index contributed by atoms with van der Waals surface area (Å²) in [6.07, 6.45) is 2.97. The lowest BCUT2D eigenvalue weighted by atomic mass is 10.2. The number of H-pyrrole nitrogens is 1. The van der Waals surface area contributed by atoms with E-state index in [1.807, 2.05) is 0 Å². The van der Waals surface area contributed by atoms with E-state index in [9.17, 15) is 12.8 Å². The lowest BCUT2D eigenvalue weighted by Crippen LogP contribution is -2.24. The van der Waals surface area contributed by atoms with Gasteiger partial charge in [0.15, 0.2) is 0 Å². The van der Waals surface area contributed by atoms with Crippen LogP contribution >= 0.6 is 0 Å². The Morgan fingerprint density at radius 1 is 1.44 bits per heavy atom. The molecule has 0 spiro atoms. The minimum atomic E-state index is -3.73. The van der Waals surface area contributed by atoms with E-state index in [2.05, 4.69) is 14.7 Å². The molecule has 0 amide bonds. The quantitative estimate of drug-likeness (QED) is 0.879. The van der Waals surface area contributed by atoms with Gasteiger partial charge >= 0.3 is 0 Å². The van der Waals surface area contributed by atoms with Crippen molar-refractivity contribution in [1.29, 1.82) is 0 Å². The number of aromatic amines is 1. The van der Waals surface area contributed by atoms with Crippen molar-refractivity contribution in [3.8, 4) is 0 Å². The van der Waals surface area contributed by atoms with Crippen molar-refractivity contribution in [3.05, 3.63) is 47.8 Å². The predicted octanol–water partition coefficient (Wildman–Crippen LogP) is 1.34. The highest BCUT2D eigenvalue weighted by molar-refractivity contribution is 7.89. The lowest BCUT2D eigenvalue weighted by molar-refractivity contribution is 0.576. The van der Waals surface area contributed by atoms with E-state index in [0.717, 1.165) is 6.07 Å². The summed E-state index contributed by atoms with van der Waals surface area (Å²) in [6, 6.07) is 3.66. The van der Waals surface area contributed by atoms with E-state index in [-0.39, 0.29) is 11.4 Å². The van der Waals surface area contributed by atoms with Crippen molar-refractivity contribution in [2.45, 2.75) is 18.4 Å². The van der Waals surface area contributed by atoms with Crippen LogP contribution in [0.4, 0.5) is 4.39 Å². The zero-order chi connectivity index (χ0) is 13.2. The van der Waals surface area contributed by atoms with Gasteiger partial charge in [0.05, 0.1) is 17.8 Å². The molecule has 0 aliphatic rings. The van der Waals surface area contributed by atoms with Gasteiger partial charge in [-0.05, 0) is 24.6 Å². The van der Waals surface area contributed by atoms with E-state index < -0.39 is 15.8 Å². The fourth-order valence-electron chi connectivity index (χ4n) is 1.50. The average molecular weight is 269 g/mol. The maximum Gasteiger partial charge on any atom is 0.241 e. The van der Waals surface area contributed by atoms with Crippen LogP contribution in [0.25, 0.3) is 0 Å². The van der Waals surface area contributed by atoms with Crippen molar-refractivity contribution in [3.63, 3.8) is 0 Å².